The number of aryl methyl sites for hydroxylation is 2. The lowest BCUT2D eigenvalue weighted by Crippen LogP contribution is -2.06. The fourth-order valence-corrected chi connectivity index (χ4v) is 2.74. The van der Waals surface area contributed by atoms with E-state index >= 15 is 0 Å². The van der Waals surface area contributed by atoms with Crippen molar-refractivity contribution < 1.29 is 9.13 Å². The molecule has 1 N–H and O–H groups in total. The number of ether oxygens (including phenoxy) is 1. The van der Waals surface area contributed by atoms with Crippen LogP contribution in [0.1, 0.15) is 25.2 Å². The molecule has 0 spiro atoms. The molecule has 0 saturated heterocycles. The lowest BCUT2D eigenvalue weighted by molar-refractivity contribution is 0.242. The van der Waals surface area contributed by atoms with Gasteiger partial charge in [-0.3, -0.25) is 0 Å². The lowest BCUT2D eigenvalue weighted by Gasteiger charge is -2.15. The molecule has 3 nitrogen and oxygen atoms in total. The van der Waals surface area contributed by atoms with E-state index in [1.165, 1.54) is 6.07 Å². The summed E-state index contributed by atoms with van der Waals surface area (Å²) in [7, 11) is 0. The number of nitrogens with one attached hydrogen (secondary N) is 1. The normalized spacial score (nSPS) is 11.0. The Bertz CT molecular complexity index is 797. The van der Waals surface area contributed by atoms with Crippen LogP contribution in [0.5, 0.6) is 5.75 Å². The molecule has 0 aliphatic rings. The highest BCUT2D eigenvalue weighted by Gasteiger charge is 2.12. The predicted molar refractivity (Wildman–Crippen MR) is 93.6 cm³/mol. The van der Waals surface area contributed by atoms with E-state index < -0.39 is 0 Å². The monoisotopic (exact) mass is 324 g/mol. The average molecular weight is 324 g/mol. The minimum Gasteiger partial charge on any atom is -0.491 e. The summed E-state index contributed by atoms with van der Waals surface area (Å²) in [5.74, 6) is 1.46. The number of nitrogens with zero attached hydrogens (tertiary/aromatic N) is 1. The lowest BCUT2D eigenvalue weighted by atomic mass is 9.96. The SMILES string of the molecule is CC(C)Oc1ccc(CCc2ncc[nH]2)c(-c2ccccc2F)c1. The van der Waals surface area contributed by atoms with Gasteiger partial charge in [0.05, 0.1) is 6.10 Å². The minimum atomic E-state index is -0.224. The summed E-state index contributed by atoms with van der Waals surface area (Å²) in [6.07, 6.45) is 5.18. The maximum Gasteiger partial charge on any atom is 0.131 e. The number of H-pyrrole nitrogens is 1. The Labute approximate surface area is 141 Å². The smallest absolute Gasteiger partial charge is 0.131 e. The fraction of sp³-hybridized carbons (Fsp3) is 0.250. The summed E-state index contributed by atoms with van der Waals surface area (Å²) in [5, 5.41) is 0. The van der Waals surface area contributed by atoms with Gasteiger partial charge in [-0.2, -0.15) is 0 Å². The Kier molecular flexibility index (Phi) is 4.94. The van der Waals surface area contributed by atoms with Crippen molar-refractivity contribution in [3.63, 3.8) is 0 Å². The van der Waals surface area contributed by atoms with Gasteiger partial charge >= 0.3 is 0 Å². The van der Waals surface area contributed by atoms with Crippen LogP contribution < -0.4 is 4.74 Å². The number of rotatable bonds is 6. The zero-order valence-corrected chi connectivity index (χ0v) is 13.9. The van der Waals surface area contributed by atoms with E-state index in [4.69, 9.17) is 4.74 Å². The third-order valence-corrected chi connectivity index (χ3v) is 3.80. The maximum absolute atomic E-state index is 14.3. The van der Waals surface area contributed by atoms with Crippen molar-refractivity contribution in [2.75, 3.05) is 0 Å². The van der Waals surface area contributed by atoms with E-state index in [1.54, 1.807) is 18.3 Å². The van der Waals surface area contributed by atoms with E-state index in [0.29, 0.717) is 5.56 Å². The first-order valence-corrected chi connectivity index (χ1v) is 8.16. The van der Waals surface area contributed by atoms with Gasteiger partial charge in [0.25, 0.3) is 0 Å². The average Bonchev–Trinajstić information content (AvgIpc) is 3.07. The number of hydrogen-bond acceptors (Lipinski definition) is 2. The van der Waals surface area contributed by atoms with Crippen molar-refractivity contribution in [3.05, 3.63) is 72.1 Å². The van der Waals surface area contributed by atoms with Crippen LogP contribution >= 0.6 is 0 Å². The second-order valence-corrected chi connectivity index (χ2v) is 6.00. The zero-order chi connectivity index (χ0) is 16.9. The van der Waals surface area contributed by atoms with Crippen LogP contribution in [0.2, 0.25) is 0 Å². The van der Waals surface area contributed by atoms with E-state index in [0.717, 1.165) is 35.5 Å². The largest absolute Gasteiger partial charge is 0.491 e. The summed E-state index contributed by atoms with van der Waals surface area (Å²) >= 11 is 0. The van der Waals surface area contributed by atoms with Gasteiger partial charge in [-0.15, -0.1) is 0 Å². The number of benzene rings is 2. The molecule has 0 bridgehead atoms. The molecular weight excluding hydrogens is 303 g/mol. The number of hydrogen-bond donors (Lipinski definition) is 1. The summed E-state index contributed by atoms with van der Waals surface area (Å²) in [6, 6.07) is 12.7. The Morgan fingerprint density at radius 1 is 1.08 bits per heavy atom. The van der Waals surface area contributed by atoms with Gasteiger partial charge in [-0.05, 0) is 49.6 Å². The predicted octanol–water partition coefficient (Wildman–Crippen LogP) is 4.79. The van der Waals surface area contributed by atoms with E-state index in [2.05, 4.69) is 9.97 Å². The molecular formula is C20H21FN2O. The van der Waals surface area contributed by atoms with Crippen molar-refractivity contribution in [3.8, 4) is 16.9 Å². The third-order valence-electron chi connectivity index (χ3n) is 3.80. The van der Waals surface area contributed by atoms with Gasteiger partial charge < -0.3 is 9.72 Å². The molecule has 0 aliphatic carbocycles. The van der Waals surface area contributed by atoms with Crippen LogP contribution in [0.3, 0.4) is 0 Å². The highest BCUT2D eigenvalue weighted by Crippen LogP contribution is 2.31. The molecule has 24 heavy (non-hydrogen) atoms. The number of aromatic nitrogens is 2. The molecule has 3 rings (SSSR count). The molecule has 2 aromatic carbocycles. The van der Waals surface area contributed by atoms with Crippen molar-refractivity contribution in [2.45, 2.75) is 32.8 Å². The number of imidazole rings is 1. The molecule has 0 fully saturated rings. The molecule has 0 unspecified atom stereocenters. The van der Waals surface area contributed by atoms with Gasteiger partial charge in [0.2, 0.25) is 0 Å². The first kappa shape index (κ1) is 16.2. The van der Waals surface area contributed by atoms with Crippen LogP contribution in [0.4, 0.5) is 4.39 Å². The molecule has 0 radical (unpaired) electrons. The molecule has 4 heteroatoms. The van der Waals surface area contributed by atoms with Crippen LogP contribution in [0.25, 0.3) is 11.1 Å². The van der Waals surface area contributed by atoms with E-state index in [-0.39, 0.29) is 11.9 Å². The van der Waals surface area contributed by atoms with Crippen molar-refractivity contribution >= 4 is 0 Å². The minimum absolute atomic E-state index is 0.0763. The molecule has 0 atom stereocenters. The summed E-state index contributed by atoms with van der Waals surface area (Å²) in [6.45, 7) is 3.96. The summed E-state index contributed by atoms with van der Waals surface area (Å²) < 4.78 is 20.1. The molecule has 124 valence electrons. The molecule has 1 aromatic heterocycles. The van der Waals surface area contributed by atoms with Crippen LogP contribution in [-0.4, -0.2) is 16.1 Å². The highest BCUT2D eigenvalue weighted by molar-refractivity contribution is 5.69. The molecule has 0 amide bonds. The van der Waals surface area contributed by atoms with Gasteiger partial charge in [-0.1, -0.05) is 24.3 Å². The van der Waals surface area contributed by atoms with Gasteiger partial charge in [-0.25, -0.2) is 9.37 Å². The Hall–Kier alpha value is -2.62. The van der Waals surface area contributed by atoms with E-state index in [1.807, 2.05) is 44.3 Å². The topological polar surface area (TPSA) is 37.9 Å². The second kappa shape index (κ2) is 7.30. The van der Waals surface area contributed by atoms with Crippen molar-refractivity contribution in [1.82, 2.24) is 9.97 Å². The van der Waals surface area contributed by atoms with Crippen LogP contribution in [0, 0.1) is 5.82 Å². The molecule has 1 heterocycles. The zero-order valence-electron chi connectivity index (χ0n) is 13.9. The standard InChI is InChI=1S/C20H21FN2O/c1-14(2)24-16-9-7-15(8-10-20-22-11-12-23-20)18(13-16)17-5-3-4-6-19(17)21/h3-7,9,11-14H,8,10H2,1-2H3,(H,22,23). The van der Waals surface area contributed by atoms with Crippen LogP contribution in [0.15, 0.2) is 54.9 Å². The number of aromatic amines is 1. The quantitative estimate of drug-likeness (QED) is 0.708. The molecule has 3 aromatic rings. The van der Waals surface area contributed by atoms with Gasteiger partial charge in [0, 0.05) is 24.4 Å². The van der Waals surface area contributed by atoms with Crippen LogP contribution in [-0.2, 0) is 12.8 Å². The Balaban J connectivity index is 1.96. The number of halogens is 1. The third kappa shape index (κ3) is 3.82. The van der Waals surface area contributed by atoms with Crippen molar-refractivity contribution in [1.29, 1.82) is 0 Å². The fourth-order valence-electron chi connectivity index (χ4n) is 2.74. The van der Waals surface area contributed by atoms with E-state index in [9.17, 15) is 4.39 Å². The first-order valence-electron chi connectivity index (χ1n) is 8.16. The Morgan fingerprint density at radius 2 is 1.92 bits per heavy atom. The molecule has 0 aliphatic heterocycles. The first-order chi connectivity index (χ1) is 11.6. The Morgan fingerprint density at radius 3 is 2.62 bits per heavy atom. The van der Waals surface area contributed by atoms with Gasteiger partial charge in [0.15, 0.2) is 0 Å². The van der Waals surface area contributed by atoms with Gasteiger partial charge in [0.1, 0.15) is 17.4 Å². The molecule has 0 saturated carbocycles. The van der Waals surface area contributed by atoms with Crippen molar-refractivity contribution in [2.24, 2.45) is 0 Å². The highest BCUT2D eigenvalue weighted by atomic mass is 19.1. The maximum atomic E-state index is 14.3. The second-order valence-electron chi connectivity index (χ2n) is 6.00. The summed E-state index contributed by atoms with van der Waals surface area (Å²) in [5.41, 5.74) is 2.55. The summed E-state index contributed by atoms with van der Waals surface area (Å²) in [4.78, 5) is 7.36.